The number of ketones is 1. The number of aliphatic hydroxyl groups excluding tert-OH is 1. The van der Waals surface area contributed by atoms with Gasteiger partial charge < -0.3 is 10.2 Å². The van der Waals surface area contributed by atoms with E-state index < -0.39 is 17.7 Å². The van der Waals surface area contributed by atoms with Crippen LogP contribution in [-0.4, -0.2) is 21.9 Å². The highest BCUT2D eigenvalue weighted by molar-refractivity contribution is 9.10. The Labute approximate surface area is 175 Å². The van der Waals surface area contributed by atoms with E-state index in [1.807, 2.05) is 12.1 Å². The zero-order valence-corrected chi connectivity index (χ0v) is 16.7. The molecule has 5 nitrogen and oxygen atoms in total. The highest BCUT2D eigenvalue weighted by atomic mass is 79.9. The van der Waals surface area contributed by atoms with Crippen molar-refractivity contribution in [3.63, 3.8) is 0 Å². The number of halogens is 1. The maximum Gasteiger partial charge on any atom is 0.300 e. The van der Waals surface area contributed by atoms with E-state index in [1.165, 1.54) is 17.0 Å². The fourth-order valence-corrected chi connectivity index (χ4v) is 3.69. The fraction of sp³-hybridized carbons (Fsp3) is 0.0435. The standard InChI is InChI=1S/C23H16BrNO4/c24-16-8-6-14(7-9-16)20-19(21(27)15-4-2-1-3-5-15)22(28)23(29)25(20)17-10-12-18(26)13-11-17/h1-13,20,26-27H/b21-19+/t20-/m0/s1. The minimum Gasteiger partial charge on any atom is -0.508 e. The first-order valence-electron chi connectivity index (χ1n) is 8.88. The van der Waals surface area contributed by atoms with E-state index in [0.717, 1.165) is 4.47 Å². The lowest BCUT2D eigenvalue weighted by Crippen LogP contribution is -2.29. The third-order valence-electron chi connectivity index (χ3n) is 4.81. The number of aliphatic hydroxyl groups is 1. The molecular formula is C23H16BrNO4. The van der Waals surface area contributed by atoms with E-state index in [0.29, 0.717) is 16.8 Å². The lowest BCUT2D eigenvalue weighted by atomic mass is 9.95. The Morgan fingerprint density at radius 3 is 2.10 bits per heavy atom. The van der Waals surface area contributed by atoms with E-state index >= 15 is 0 Å². The molecule has 1 fully saturated rings. The van der Waals surface area contributed by atoms with Gasteiger partial charge in [0.25, 0.3) is 11.7 Å². The van der Waals surface area contributed by atoms with Gasteiger partial charge in [-0.05, 0) is 42.0 Å². The second-order valence-corrected chi connectivity index (χ2v) is 7.52. The monoisotopic (exact) mass is 449 g/mol. The smallest absolute Gasteiger partial charge is 0.300 e. The second kappa shape index (κ2) is 7.56. The van der Waals surface area contributed by atoms with Crippen LogP contribution in [0.2, 0.25) is 0 Å². The number of rotatable bonds is 3. The van der Waals surface area contributed by atoms with Crippen molar-refractivity contribution in [2.24, 2.45) is 0 Å². The maximum atomic E-state index is 13.0. The maximum absolute atomic E-state index is 13.0. The highest BCUT2D eigenvalue weighted by Gasteiger charge is 2.46. The number of phenolic OH excluding ortho intramolecular Hbond substituents is 1. The van der Waals surface area contributed by atoms with Gasteiger partial charge in [-0.15, -0.1) is 0 Å². The molecule has 0 bridgehead atoms. The third kappa shape index (κ3) is 3.43. The first kappa shape index (κ1) is 19.0. The number of anilines is 1. The van der Waals surface area contributed by atoms with Crippen LogP contribution in [0.4, 0.5) is 5.69 Å². The summed E-state index contributed by atoms with van der Waals surface area (Å²) in [6.45, 7) is 0. The Bertz CT molecular complexity index is 1110. The minimum atomic E-state index is -0.798. The van der Waals surface area contributed by atoms with Crippen LogP contribution in [-0.2, 0) is 9.59 Å². The van der Waals surface area contributed by atoms with Crippen LogP contribution < -0.4 is 4.90 Å². The van der Waals surface area contributed by atoms with Crippen LogP contribution in [0.1, 0.15) is 17.2 Å². The molecule has 4 rings (SSSR count). The molecule has 1 heterocycles. The van der Waals surface area contributed by atoms with E-state index in [-0.39, 0.29) is 17.1 Å². The lowest BCUT2D eigenvalue weighted by Gasteiger charge is -2.25. The average molecular weight is 450 g/mol. The third-order valence-corrected chi connectivity index (χ3v) is 5.33. The van der Waals surface area contributed by atoms with Crippen molar-refractivity contribution in [1.29, 1.82) is 0 Å². The van der Waals surface area contributed by atoms with Gasteiger partial charge in [-0.2, -0.15) is 0 Å². The number of benzene rings is 3. The predicted octanol–water partition coefficient (Wildman–Crippen LogP) is 4.78. The zero-order valence-electron chi connectivity index (χ0n) is 15.1. The SMILES string of the molecule is O=C1C(=O)N(c2ccc(O)cc2)[C@@H](c2ccc(Br)cc2)/C1=C(\O)c1ccccc1. The van der Waals surface area contributed by atoms with E-state index in [1.54, 1.807) is 54.6 Å². The molecule has 1 aliphatic rings. The zero-order chi connectivity index (χ0) is 20.5. The van der Waals surface area contributed by atoms with Gasteiger partial charge in [-0.1, -0.05) is 58.4 Å². The molecule has 6 heteroatoms. The Morgan fingerprint density at radius 2 is 1.48 bits per heavy atom. The molecule has 144 valence electrons. The Balaban J connectivity index is 1.94. The molecule has 1 amide bonds. The molecule has 0 saturated carbocycles. The van der Waals surface area contributed by atoms with Crippen molar-refractivity contribution >= 4 is 39.1 Å². The molecule has 1 atom stereocenters. The first-order chi connectivity index (χ1) is 14.0. The van der Waals surface area contributed by atoms with Gasteiger partial charge >= 0.3 is 0 Å². The summed E-state index contributed by atoms with van der Waals surface area (Å²) in [4.78, 5) is 27.2. The van der Waals surface area contributed by atoms with Gasteiger partial charge in [0.1, 0.15) is 11.5 Å². The minimum absolute atomic E-state index is 0.0246. The van der Waals surface area contributed by atoms with E-state index in [4.69, 9.17) is 0 Å². The molecule has 0 aliphatic carbocycles. The predicted molar refractivity (Wildman–Crippen MR) is 113 cm³/mol. The molecular weight excluding hydrogens is 434 g/mol. The van der Waals surface area contributed by atoms with Gasteiger partial charge in [-0.3, -0.25) is 14.5 Å². The van der Waals surface area contributed by atoms with Crippen molar-refractivity contribution in [3.8, 4) is 5.75 Å². The van der Waals surface area contributed by atoms with Crippen LogP contribution in [0.5, 0.6) is 5.75 Å². The fourth-order valence-electron chi connectivity index (χ4n) is 3.42. The number of hydrogen-bond acceptors (Lipinski definition) is 4. The van der Waals surface area contributed by atoms with Crippen molar-refractivity contribution < 1.29 is 19.8 Å². The van der Waals surface area contributed by atoms with E-state index in [2.05, 4.69) is 15.9 Å². The van der Waals surface area contributed by atoms with Crippen molar-refractivity contribution in [1.82, 2.24) is 0 Å². The molecule has 1 aliphatic heterocycles. The Hall–Kier alpha value is -3.38. The van der Waals surface area contributed by atoms with Gasteiger partial charge in [0.2, 0.25) is 0 Å². The lowest BCUT2D eigenvalue weighted by molar-refractivity contribution is -0.132. The quantitative estimate of drug-likeness (QED) is 0.342. The van der Waals surface area contributed by atoms with Crippen LogP contribution in [0, 0.1) is 0 Å². The number of Topliss-reactive ketones (excluding diaryl/α,β-unsaturated/α-hetero) is 1. The normalized spacial score (nSPS) is 18.2. The summed E-state index contributed by atoms with van der Waals surface area (Å²) in [6.07, 6.45) is 0. The number of carbonyl (C=O) groups excluding carboxylic acids is 2. The summed E-state index contributed by atoms with van der Waals surface area (Å²) >= 11 is 3.39. The molecule has 3 aromatic carbocycles. The van der Waals surface area contributed by atoms with Gasteiger partial charge in [-0.25, -0.2) is 0 Å². The van der Waals surface area contributed by atoms with Crippen LogP contribution in [0.3, 0.4) is 0 Å². The molecule has 29 heavy (non-hydrogen) atoms. The Kier molecular flexibility index (Phi) is 4.94. The number of carbonyl (C=O) groups is 2. The summed E-state index contributed by atoms with van der Waals surface area (Å²) in [7, 11) is 0. The number of nitrogens with zero attached hydrogens (tertiary/aromatic N) is 1. The summed E-state index contributed by atoms with van der Waals surface area (Å²) in [5.41, 5.74) is 1.61. The number of amides is 1. The number of phenols is 1. The molecule has 1 saturated heterocycles. The second-order valence-electron chi connectivity index (χ2n) is 6.60. The first-order valence-corrected chi connectivity index (χ1v) is 9.67. The van der Waals surface area contributed by atoms with Crippen molar-refractivity contribution in [2.45, 2.75) is 6.04 Å². The molecule has 0 aromatic heterocycles. The summed E-state index contributed by atoms with van der Waals surface area (Å²) in [5, 5.41) is 20.5. The van der Waals surface area contributed by atoms with E-state index in [9.17, 15) is 19.8 Å². The molecule has 3 aromatic rings. The summed E-state index contributed by atoms with van der Waals surface area (Å²) < 4.78 is 0.853. The highest BCUT2D eigenvalue weighted by Crippen LogP contribution is 2.42. The summed E-state index contributed by atoms with van der Waals surface area (Å²) in [6, 6.07) is 21.1. The molecule has 2 N–H and O–H groups in total. The van der Waals surface area contributed by atoms with Gasteiger partial charge in [0.15, 0.2) is 0 Å². The van der Waals surface area contributed by atoms with Gasteiger partial charge in [0.05, 0.1) is 11.6 Å². The van der Waals surface area contributed by atoms with Crippen molar-refractivity contribution in [3.05, 3.63) is 100 Å². The van der Waals surface area contributed by atoms with Crippen LogP contribution in [0.15, 0.2) is 88.9 Å². The largest absolute Gasteiger partial charge is 0.508 e. The molecule has 0 spiro atoms. The van der Waals surface area contributed by atoms with Crippen LogP contribution >= 0.6 is 15.9 Å². The number of hydrogen-bond donors (Lipinski definition) is 2. The summed E-state index contributed by atoms with van der Waals surface area (Å²) in [5.74, 6) is -1.67. The van der Waals surface area contributed by atoms with Crippen LogP contribution in [0.25, 0.3) is 5.76 Å². The average Bonchev–Trinajstić information content (AvgIpc) is 3.00. The molecule has 0 unspecified atom stereocenters. The Morgan fingerprint density at radius 1 is 0.862 bits per heavy atom. The van der Waals surface area contributed by atoms with Crippen molar-refractivity contribution in [2.75, 3.05) is 4.90 Å². The number of aromatic hydroxyl groups is 1. The van der Waals surface area contributed by atoms with Gasteiger partial charge in [0, 0.05) is 15.7 Å². The topological polar surface area (TPSA) is 77.8 Å². The molecule has 0 radical (unpaired) electrons.